The third-order valence-electron chi connectivity index (χ3n) is 2.32. The van der Waals surface area contributed by atoms with Crippen LogP contribution in [0.5, 0.6) is 11.6 Å². The van der Waals surface area contributed by atoms with E-state index in [1.165, 1.54) is 0 Å². The lowest BCUT2D eigenvalue weighted by Crippen LogP contribution is -2.20. The number of halogens is 1. The number of hydrogen-bond acceptors (Lipinski definition) is 4. The summed E-state index contributed by atoms with van der Waals surface area (Å²) in [6.45, 7) is 1.82. The van der Waals surface area contributed by atoms with Gasteiger partial charge in [0.25, 0.3) is 5.88 Å². The summed E-state index contributed by atoms with van der Waals surface area (Å²) in [7, 11) is 1.55. The maximum Gasteiger partial charge on any atom is 0.258 e. The van der Waals surface area contributed by atoms with Crippen LogP contribution in [0.2, 0.25) is 5.02 Å². The van der Waals surface area contributed by atoms with Crippen molar-refractivity contribution in [2.24, 2.45) is 0 Å². The Morgan fingerprint density at radius 2 is 2.47 bits per heavy atom. The van der Waals surface area contributed by atoms with Gasteiger partial charge in [-0.05, 0) is 19.0 Å². The summed E-state index contributed by atoms with van der Waals surface area (Å²) in [6, 6.07) is 1.70. The monoisotopic (exact) mass is 228 g/mol. The minimum absolute atomic E-state index is 0.153. The standard InChI is InChI=1S/C10H13ClN2O2/c1-14-10-9(8(11)3-5-13-10)15-7-2-4-12-6-7/h3,5,7,12H,2,4,6H2,1H3. The highest BCUT2D eigenvalue weighted by atomic mass is 35.5. The Balaban J connectivity index is 2.17. The van der Waals surface area contributed by atoms with Gasteiger partial charge >= 0.3 is 0 Å². The minimum atomic E-state index is 0.153. The lowest BCUT2D eigenvalue weighted by atomic mass is 10.3. The van der Waals surface area contributed by atoms with Gasteiger partial charge < -0.3 is 14.8 Å². The van der Waals surface area contributed by atoms with Crippen molar-refractivity contribution in [2.75, 3.05) is 20.2 Å². The van der Waals surface area contributed by atoms with E-state index in [4.69, 9.17) is 21.1 Å². The molecule has 1 aromatic heterocycles. The second-order valence-electron chi connectivity index (χ2n) is 3.36. The molecule has 1 aromatic rings. The van der Waals surface area contributed by atoms with E-state index in [1.807, 2.05) is 0 Å². The third-order valence-corrected chi connectivity index (χ3v) is 2.61. The lowest BCUT2D eigenvalue weighted by Gasteiger charge is -2.15. The summed E-state index contributed by atoms with van der Waals surface area (Å²) in [5.74, 6) is 0.977. The maximum absolute atomic E-state index is 6.02. The Kier molecular flexibility index (Phi) is 3.28. The maximum atomic E-state index is 6.02. The number of methoxy groups -OCH3 is 1. The molecule has 1 fully saturated rings. The van der Waals surface area contributed by atoms with E-state index in [2.05, 4.69) is 10.3 Å². The Labute approximate surface area is 93.6 Å². The van der Waals surface area contributed by atoms with Crippen molar-refractivity contribution in [3.05, 3.63) is 17.3 Å². The van der Waals surface area contributed by atoms with Gasteiger partial charge in [-0.3, -0.25) is 0 Å². The van der Waals surface area contributed by atoms with Gasteiger partial charge in [-0.1, -0.05) is 11.6 Å². The molecule has 1 atom stereocenters. The van der Waals surface area contributed by atoms with Crippen LogP contribution in [0.25, 0.3) is 0 Å². The normalized spacial score (nSPS) is 20.3. The number of ether oxygens (including phenoxy) is 2. The predicted molar refractivity (Wildman–Crippen MR) is 57.7 cm³/mol. The van der Waals surface area contributed by atoms with Crippen LogP contribution in [0.3, 0.4) is 0 Å². The topological polar surface area (TPSA) is 43.4 Å². The molecule has 1 unspecified atom stereocenters. The summed E-state index contributed by atoms with van der Waals surface area (Å²) in [5, 5.41) is 3.76. The molecule has 1 aliphatic heterocycles. The molecule has 0 saturated carbocycles. The van der Waals surface area contributed by atoms with Crippen molar-refractivity contribution in [3.8, 4) is 11.6 Å². The van der Waals surface area contributed by atoms with Crippen molar-refractivity contribution in [2.45, 2.75) is 12.5 Å². The molecule has 0 amide bonds. The zero-order valence-electron chi connectivity index (χ0n) is 8.50. The molecule has 15 heavy (non-hydrogen) atoms. The minimum Gasteiger partial charge on any atom is -0.482 e. The van der Waals surface area contributed by atoms with E-state index < -0.39 is 0 Å². The first-order valence-corrected chi connectivity index (χ1v) is 5.25. The number of aromatic nitrogens is 1. The van der Waals surface area contributed by atoms with Gasteiger partial charge in [0.15, 0.2) is 0 Å². The summed E-state index contributed by atoms with van der Waals surface area (Å²) in [6.07, 6.45) is 2.73. The highest BCUT2D eigenvalue weighted by molar-refractivity contribution is 6.32. The number of nitrogens with zero attached hydrogens (tertiary/aromatic N) is 1. The van der Waals surface area contributed by atoms with Crippen LogP contribution < -0.4 is 14.8 Å². The smallest absolute Gasteiger partial charge is 0.258 e. The van der Waals surface area contributed by atoms with E-state index in [1.54, 1.807) is 19.4 Å². The molecule has 0 aromatic carbocycles. The summed E-state index contributed by atoms with van der Waals surface area (Å²) in [4.78, 5) is 4.05. The molecule has 2 rings (SSSR count). The van der Waals surface area contributed by atoms with E-state index in [0.29, 0.717) is 16.7 Å². The van der Waals surface area contributed by atoms with Crippen molar-refractivity contribution in [1.82, 2.24) is 10.3 Å². The first kappa shape index (κ1) is 10.5. The molecule has 0 bridgehead atoms. The first-order chi connectivity index (χ1) is 7.31. The SMILES string of the molecule is COc1nccc(Cl)c1OC1CCNC1. The van der Waals surface area contributed by atoms with E-state index in [-0.39, 0.29) is 6.10 Å². The van der Waals surface area contributed by atoms with Gasteiger partial charge in [0, 0.05) is 12.7 Å². The number of hydrogen-bond donors (Lipinski definition) is 1. The lowest BCUT2D eigenvalue weighted by molar-refractivity contribution is 0.210. The molecule has 0 radical (unpaired) electrons. The van der Waals surface area contributed by atoms with Crippen molar-refractivity contribution >= 4 is 11.6 Å². The van der Waals surface area contributed by atoms with Crippen LogP contribution >= 0.6 is 11.6 Å². The molecule has 5 heteroatoms. The molecule has 1 saturated heterocycles. The molecular weight excluding hydrogens is 216 g/mol. The second-order valence-corrected chi connectivity index (χ2v) is 3.77. The quantitative estimate of drug-likeness (QED) is 0.851. The summed E-state index contributed by atoms with van der Waals surface area (Å²) < 4.78 is 10.8. The zero-order valence-corrected chi connectivity index (χ0v) is 9.25. The fourth-order valence-electron chi connectivity index (χ4n) is 1.55. The fraction of sp³-hybridized carbons (Fsp3) is 0.500. The summed E-state index contributed by atoms with van der Waals surface area (Å²) >= 11 is 6.02. The number of pyridine rings is 1. The highest BCUT2D eigenvalue weighted by Crippen LogP contribution is 2.33. The van der Waals surface area contributed by atoms with Gasteiger partial charge in [-0.15, -0.1) is 0 Å². The van der Waals surface area contributed by atoms with Gasteiger partial charge in [0.05, 0.1) is 12.1 Å². The molecule has 1 aliphatic rings. The second kappa shape index (κ2) is 4.68. The summed E-state index contributed by atoms with van der Waals surface area (Å²) in [5.41, 5.74) is 0. The molecular formula is C10H13ClN2O2. The van der Waals surface area contributed by atoms with Crippen LogP contribution in [0.4, 0.5) is 0 Å². The van der Waals surface area contributed by atoms with E-state index >= 15 is 0 Å². The van der Waals surface area contributed by atoms with Crippen LogP contribution in [-0.2, 0) is 0 Å². The van der Waals surface area contributed by atoms with Gasteiger partial charge in [0.1, 0.15) is 6.10 Å². The molecule has 82 valence electrons. The van der Waals surface area contributed by atoms with Crippen LogP contribution in [0, 0.1) is 0 Å². The van der Waals surface area contributed by atoms with Crippen molar-refractivity contribution in [1.29, 1.82) is 0 Å². The molecule has 1 N–H and O–H groups in total. The first-order valence-electron chi connectivity index (χ1n) is 4.87. The molecule has 0 aliphatic carbocycles. The van der Waals surface area contributed by atoms with E-state index in [0.717, 1.165) is 19.5 Å². The zero-order chi connectivity index (χ0) is 10.7. The van der Waals surface area contributed by atoms with Gasteiger partial charge in [-0.25, -0.2) is 4.98 Å². The Bertz CT molecular complexity index is 340. The average molecular weight is 229 g/mol. The van der Waals surface area contributed by atoms with Crippen LogP contribution in [0.15, 0.2) is 12.3 Å². The number of nitrogens with one attached hydrogen (secondary N) is 1. The van der Waals surface area contributed by atoms with Gasteiger partial charge in [0.2, 0.25) is 5.75 Å². The fourth-order valence-corrected chi connectivity index (χ4v) is 1.74. The van der Waals surface area contributed by atoms with Crippen LogP contribution in [0.1, 0.15) is 6.42 Å². The Morgan fingerprint density at radius 1 is 1.60 bits per heavy atom. The Morgan fingerprint density at radius 3 is 3.13 bits per heavy atom. The largest absolute Gasteiger partial charge is 0.482 e. The average Bonchev–Trinajstić information content (AvgIpc) is 2.74. The predicted octanol–water partition coefficient (Wildman–Crippen LogP) is 1.48. The van der Waals surface area contributed by atoms with Crippen LogP contribution in [-0.4, -0.2) is 31.3 Å². The highest BCUT2D eigenvalue weighted by Gasteiger charge is 2.20. The Hall–Kier alpha value is -1.00. The van der Waals surface area contributed by atoms with E-state index in [9.17, 15) is 0 Å². The number of rotatable bonds is 3. The van der Waals surface area contributed by atoms with Crippen molar-refractivity contribution in [3.63, 3.8) is 0 Å². The molecule has 0 spiro atoms. The van der Waals surface area contributed by atoms with Crippen molar-refractivity contribution < 1.29 is 9.47 Å². The molecule has 2 heterocycles. The molecule has 4 nitrogen and oxygen atoms in total. The third kappa shape index (κ3) is 2.33. The van der Waals surface area contributed by atoms with Gasteiger partial charge in [-0.2, -0.15) is 0 Å².